The highest BCUT2D eigenvalue weighted by atomic mass is 79.9. The van der Waals surface area contributed by atoms with Gasteiger partial charge in [-0.05, 0) is 41.2 Å². The van der Waals surface area contributed by atoms with Crippen molar-refractivity contribution in [1.29, 1.82) is 0 Å². The first-order chi connectivity index (χ1) is 8.83. The van der Waals surface area contributed by atoms with Crippen molar-refractivity contribution < 1.29 is 8.42 Å². The van der Waals surface area contributed by atoms with Gasteiger partial charge in [0.2, 0.25) is 0 Å². The van der Waals surface area contributed by atoms with Crippen LogP contribution in [0.1, 0.15) is 24.2 Å². The number of nitrogens with zero attached hydrogens (tertiary/aromatic N) is 2. The van der Waals surface area contributed by atoms with E-state index in [9.17, 15) is 8.42 Å². The number of thiophene rings is 1. The molecule has 0 radical (unpaired) electrons. The molecule has 2 aromatic heterocycles. The van der Waals surface area contributed by atoms with Crippen LogP contribution >= 0.6 is 27.3 Å². The molecule has 2 rings (SSSR count). The summed E-state index contributed by atoms with van der Waals surface area (Å²) in [5.41, 5.74) is 1.82. The predicted molar refractivity (Wildman–Crippen MR) is 78.7 cm³/mol. The molecule has 0 aliphatic rings. The minimum absolute atomic E-state index is 0.292. The Balaban J connectivity index is 2.26. The zero-order valence-electron chi connectivity index (χ0n) is 10.7. The maximum Gasteiger partial charge on any atom is 0.251 e. The van der Waals surface area contributed by atoms with E-state index in [2.05, 4.69) is 25.8 Å². The van der Waals surface area contributed by atoms with Gasteiger partial charge in [-0.25, -0.2) is 13.1 Å². The number of nitrogens with one attached hydrogen (secondary N) is 1. The third-order valence-electron chi connectivity index (χ3n) is 2.90. The molecule has 1 N–H and O–H groups in total. The molecule has 0 bridgehead atoms. The van der Waals surface area contributed by atoms with E-state index in [-0.39, 0.29) is 6.04 Å². The molecule has 8 heteroatoms. The molecule has 2 aromatic rings. The molecule has 19 heavy (non-hydrogen) atoms. The summed E-state index contributed by atoms with van der Waals surface area (Å²) in [6, 6.07) is 1.40. The second-order valence-electron chi connectivity index (χ2n) is 4.21. The summed E-state index contributed by atoms with van der Waals surface area (Å²) in [6.45, 7) is 3.72. The van der Waals surface area contributed by atoms with Gasteiger partial charge in [-0.15, -0.1) is 11.3 Å². The summed E-state index contributed by atoms with van der Waals surface area (Å²) in [5.74, 6) is 0. The minimum Gasteiger partial charge on any atom is -0.273 e. The first kappa shape index (κ1) is 14.7. The van der Waals surface area contributed by atoms with Gasteiger partial charge in [-0.2, -0.15) is 5.10 Å². The SMILES string of the molecule is Cc1c(C(C)NS(=O)(=O)c2sccc2Br)cnn1C. The third kappa shape index (κ3) is 2.91. The third-order valence-corrected chi connectivity index (χ3v) is 7.11. The van der Waals surface area contributed by atoms with Crippen LogP contribution in [-0.2, 0) is 17.1 Å². The molecule has 0 amide bonds. The fourth-order valence-electron chi connectivity index (χ4n) is 1.76. The van der Waals surface area contributed by atoms with Gasteiger partial charge < -0.3 is 0 Å². The molecule has 0 aliphatic carbocycles. The molecule has 0 fully saturated rings. The summed E-state index contributed by atoms with van der Waals surface area (Å²) in [5, 5.41) is 5.86. The van der Waals surface area contributed by atoms with E-state index in [4.69, 9.17) is 0 Å². The van der Waals surface area contributed by atoms with Gasteiger partial charge in [0.25, 0.3) is 10.0 Å². The summed E-state index contributed by atoms with van der Waals surface area (Å²) in [6.07, 6.45) is 1.69. The quantitative estimate of drug-likeness (QED) is 0.907. The van der Waals surface area contributed by atoms with Crippen LogP contribution in [-0.4, -0.2) is 18.2 Å². The highest BCUT2D eigenvalue weighted by molar-refractivity contribution is 9.10. The Morgan fingerprint density at radius 1 is 1.53 bits per heavy atom. The van der Waals surface area contributed by atoms with Gasteiger partial charge in [0.05, 0.1) is 6.20 Å². The van der Waals surface area contributed by atoms with Crippen molar-refractivity contribution in [2.24, 2.45) is 7.05 Å². The van der Waals surface area contributed by atoms with E-state index >= 15 is 0 Å². The van der Waals surface area contributed by atoms with Crippen LogP contribution in [0.2, 0.25) is 0 Å². The first-order valence-electron chi connectivity index (χ1n) is 5.56. The second kappa shape index (κ2) is 5.35. The van der Waals surface area contributed by atoms with Crippen LogP contribution in [0.25, 0.3) is 0 Å². The molecule has 2 heterocycles. The molecular formula is C11H14BrN3O2S2. The Morgan fingerprint density at radius 3 is 2.68 bits per heavy atom. The summed E-state index contributed by atoms with van der Waals surface area (Å²) >= 11 is 4.43. The average molecular weight is 364 g/mol. The maximum absolute atomic E-state index is 12.3. The monoisotopic (exact) mass is 363 g/mol. The van der Waals surface area contributed by atoms with E-state index < -0.39 is 10.0 Å². The van der Waals surface area contributed by atoms with Crippen molar-refractivity contribution in [3.63, 3.8) is 0 Å². The van der Waals surface area contributed by atoms with Gasteiger partial charge in [-0.3, -0.25) is 4.68 Å². The lowest BCUT2D eigenvalue weighted by Crippen LogP contribution is -2.26. The lowest BCUT2D eigenvalue weighted by atomic mass is 10.1. The number of halogens is 1. The van der Waals surface area contributed by atoms with Crippen LogP contribution < -0.4 is 4.72 Å². The van der Waals surface area contributed by atoms with Crippen molar-refractivity contribution in [2.75, 3.05) is 0 Å². The van der Waals surface area contributed by atoms with Crippen LogP contribution in [0.4, 0.5) is 0 Å². The predicted octanol–water partition coefficient (Wildman–Crippen LogP) is 2.59. The molecule has 0 aliphatic heterocycles. The first-order valence-corrected chi connectivity index (χ1v) is 8.72. The Hall–Kier alpha value is -0.700. The van der Waals surface area contributed by atoms with E-state index in [0.717, 1.165) is 11.3 Å². The molecular weight excluding hydrogens is 350 g/mol. The fourth-order valence-corrected chi connectivity index (χ4v) is 5.34. The summed E-state index contributed by atoms with van der Waals surface area (Å²) < 4.78 is 29.8. The average Bonchev–Trinajstić information content (AvgIpc) is 2.87. The Bertz CT molecular complexity index is 691. The second-order valence-corrected chi connectivity index (χ2v) is 7.89. The lowest BCUT2D eigenvalue weighted by molar-refractivity contribution is 0.568. The normalized spacial score (nSPS) is 13.7. The largest absolute Gasteiger partial charge is 0.273 e. The Morgan fingerprint density at radius 2 is 2.21 bits per heavy atom. The standard InChI is InChI=1S/C11H14BrN3O2S2/c1-7(9-6-13-15(3)8(9)2)14-19(16,17)11-10(12)4-5-18-11/h4-7,14H,1-3H3. The number of hydrogen-bond donors (Lipinski definition) is 1. The molecule has 104 valence electrons. The highest BCUT2D eigenvalue weighted by Gasteiger charge is 2.23. The molecule has 0 spiro atoms. The van der Waals surface area contributed by atoms with Crippen molar-refractivity contribution in [3.05, 3.63) is 33.4 Å². The van der Waals surface area contributed by atoms with E-state index in [1.807, 2.05) is 20.9 Å². The molecule has 0 aromatic carbocycles. The topological polar surface area (TPSA) is 64.0 Å². The zero-order valence-corrected chi connectivity index (χ0v) is 13.9. The van der Waals surface area contributed by atoms with Crippen molar-refractivity contribution in [2.45, 2.75) is 24.1 Å². The van der Waals surface area contributed by atoms with Crippen LogP contribution in [0.5, 0.6) is 0 Å². The van der Waals surface area contributed by atoms with Gasteiger partial charge >= 0.3 is 0 Å². The van der Waals surface area contributed by atoms with E-state index in [0.29, 0.717) is 8.68 Å². The Kier molecular flexibility index (Phi) is 4.14. The zero-order chi connectivity index (χ0) is 14.2. The van der Waals surface area contributed by atoms with E-state index in [1.165, 1.54) is 11.3 Å². The van der Waals surface area contributed by atoms with Gasteiger partial charge in [0.15, 0.2) is 0 Å². The van der Waals surface area contributed by atoms with Gasteiger partial charge in [0.1, 0.15) is 4.21 Å². The smallest absolute Gasteiger partial charge is 0.251 e. The molecule has 1 unspecified atom stereocenters. The number of aromatic nitrogens is 2. The molecule has 0 saturated heterocycles. The van der Waals surface area contributed by atoms with Crippen LogP contribution in [0.15, 0.2) is 26.3 Å². The van der Waals surface area contributed by atoms with Crippen molar-refractivity contribution in [3.8, 4) is 0 Å². The number of aryl methyl sites for hydroxylation is 1. The molecule has 5 nitrogen and oxygen atoms in total. The number of rotatable bonds is 4. The lowest BCUT2D eigenvalue weighted by Gasteiger charge is -2.13. The number of hydrogen-bond acceptors (Lipinski definition) is 4. The summed E-state index contributed by atoms with van der Waals surface area (Å²) in [7, 11) is -1.69. The molecule has 1 atom stereocenters. The number of sulfonamides is 1. The highest BCUT2D eigenvalue weighted by Crippen LogP contribution is 2.29. The Labute approximate surface area is 124 Å². The van der Waals surface area contributed by atoms with Crippen molar-refractivity contribution >= 4 is 37.3 Å². The fraction of sp³-hybridized carbons (Fsp3) is 0.364. The molecule has 0 saturated carbocycles. The van der Waals surface area contributed by atoms with Gasteiger partial charge in [-0.1, -0.05) is 0 Å². The maximum atomic E-state index is 12.3. The van der Waals surface area contributed by atoms with E-state index in [1.54, 1.807) is 22.3 Å². The summed E-state index contributed by atoms with van der Waals surface area (Å²) in [4.78, 5) is 0. The van der Waals surface area contributed by atoms with Gasteiger partial charge in [0, 0.05) is 28.8 Å². The van der Waals surface area contributed by atoms with Crippen LogP contribution in [0, 0.1) is 6.92 Å². The van der Waals surface area contributed by atoms with Crippen LogP contribution in [0.3, 0.4) is 0 Å². The minimum atomic E-state index is -3.52. The van der Waals surface area contributed by atoms with Crippen molar-refractivity contribution in [1.82, 2.24) is 14.5 Å².